The number of para-hydroxylation sites is 1. The van der Waals surface area contributed by atoms with Gasteiger partial charge in [0.25, 0.3) is 5.91 Å². The molecule has 0 radical (unpaired) electrons. The van der Waals surface area contributed by atoms with Crippen LogP contribution in [0.4, 0.5) is 5.69 Å². The van der Waals surface area contributed by atoms with Crippen molar-refractivity contribution >= 4 is 22.9 Å². The Hall–Kier alpha value is -1.61. The summed E-state index contributed by atoms with van der Waals surface area (Å²) in [6.07, 6.45) is 0. The van der Waals surface area contributed by atoms with E-state index < -0.39 is 0 Å². The molecule has 0 aliphatic carbocycles. The van der Waals surface area contributed by atoms with Gasteiger partial charge >= 0.3 is 0 Å². The Balaban J connectivity index is 2.30. The lowest BCUT2D eigenvalue weighted by Gasteiger charge is -2.16. The number of aryl methyl sites for hydroxylation is 2. The first kappa shape index (κ1) is 11.9. The first-order chi connectivity index (χ1) is 8.09. The minimum Gasteiger partial charge on any atom is -0.311 e. The van der Waals surface area contributed by atoms with Crippen LogP contribution in [0.15, 0.2) is 36.4 Å². The Morgan fingerprint density at radius 3 is 2.35 bits per heavy atom. The van der Waals surface area contributed by atoms with E-state index in [1.165, 1.54) is 4.88 Å². The first-order valence-electron chi connectivity index (χ1n) is 5.49. The van der Waals surface area contributed by atoms with E-state index in [1.54, 1.807) is 16.2 Å². The third-order valence-electron chi connectivity index (χ3n) is 2.72. The lowest BCUT2D eigenvalue weighted by molar-refractivity contribution is 0.0993. The van der Waals surface area contributed by atoms with E-state index >= 15 is 0 Å². The highest BCUT2D eigenvalue weighted by Gasteiger charge is 2.17. The molecule has 0 bridgehead atoms. The van der Waals surface area contributed by atoms with E-state index in [4.69, 9.17) is 0 Å². The molecule has 0 saturated carbocycles. The van der Waals surface area contributed by atoms with Crippen molar-refractivity contribution in [3.63, 3.8) is 0 Å². The Bertz CT molecular complexity index is 530. The molecule has 0 N–H and O–H groups in total. The van der Waals surface area contributed by atoms with Gasteiger partial charge in [-0.3, -0.25) is 4.79 Å². The van der Waals surface area contributed by atoms with Gasteiger partial charge in [0.2, 0.25) is 0 Å². The van der Waals surface area contributed by atoms with Crippen molar-refractivity contribution < 1.29 is 4.79 Å². The minimum atomic E-state index is 0.0538. The Morgan fingerprint density at radius 2 is 1.82 bits per heavy atom. The maximum atomic E-state index is 12.3. The summed E-state index contributed by atoms with van der Waals surface area (Å²) in [5.74, 6) is 0.0538. The smallest absolute Gasteiger partial charge is 0.259 e. The van der Waals surface area contributed by atoms with Crippen molar-refractivity contribution in [3.05, 3.63) is 51.7 Å². The average molecular weight is 245 g/mol. The van der Waals surface area contributed by atoms with Gasteiger partial charge in [0, 0.05) is 22.5 Å². The van der Waals surface area contributed by atoms with Gasteiger partial charge in [0.15, 0.2) is 0 Å². The molecule has 3 heteroatoms. The molecule has 2 aromatic rings. The van der Waals surface area contributed by atoms with E-state index in [-0.39, 0.29) is 5.91 Å². The SMILES string of the molecule is Cc1cc(C(=O)N(C)c2ccccc2)c(C)s1. The fraction of sp³-hybridized carbons (Fsp3) is 0.214. The second kappa shape index (κ2) is 4.72. The Labute approximate surface area is 106 Å². The number of hydrogen-bond donors (Lipinski definition) is 0. The van der Waals surface area contributed by atoms with Crippen LogP contribution >= 0.6 is 11.3 Å². The molecule has 0 unspecified atom stereocenters. The summed E-state index contributed by atoms with van der Waals surface area (Å²) in [5.41, 5.74) is 1.72. The maximum Gasteiger partial charge on any atom is 0.259 e. The maximum absolute atomic E-state index is 12.3. The molecule has 0 aliphatic heterocycles. The zero-order valence-electron chi connectivity index (χ0n) is 10.2. The molecular weight excluding hydrogens is 230 g/mol. The second-order valence-corrected chi connectivity index (χ2v) is 5.49. The molecule has 2 nitrogen and oxygen atoms in total. The number of thiophene rings is 1. The van der Waals surface area contributed by atoms with Gasteiger partial charge in [0.05, 0.1) is 5.56 Å². The first-order valence-corrected chi connectivity index (χ1v) is 6.31. The molecule has 0 aliphatic rings. The van der Waals surface area contributed by atoms with E-state index in [2.05, 4.69) is 0 Å². The highest BCUT2D eigenvalue weighted by Crippen LogP contribution is 2.23. The van der Waals surface area contributed by atoms with Crippen LogP contribution in [-0.2, 0) is 0 Å². The highest BCUT2D eigenvalue weighted by molar-refractivity contribution is 7.12. The van der Waals surface area contributed by atoms with Crippen molar-refractivity contribution in [3.8, 4) is 0 Å². The predicted octanol–water partition coefficient (Wildman–Crippen LogP) is 3.64. The number of nitrogens with zero attached hydrogens (tertiary/aromatic N) is 1. The molecule has 1 amide bonds. The van der Waals surface area contributed by atoms with Gasteiger partial charge in [-0.15, -0.1) is 11.3 Å². The zero-order chi connectivity index (χ0) is 12.4. The molecule has 17 heavy (non-hydrogen) atoms. The van der Waals surface area contributed by atoms with Gasteiger partial charge < -0.3 is 4.90 Å². The molecule has 0 spiro atoms. The molecule has 88 valence electrons. The van der Waals surface area contributed by atoms with E-state index in [9.17, 15) is 4.79 Å². The summed E-state index contributed by atoms with van der Waals surface area (Å²) in [5, 5.41) is 0. The molecule has 1 aromatic carbocycles. The highest BCUT2D eigenvalue weighted by atomic mass is 32.1. The lowest BCUT2D eigenvalue weighted by Crippen LogP contribution is -2.26. The second-order valence-electron chi connectivity index (χ2n) is 4.03. The average Bonchev–Trinajstić information content (AvgIpc) is 2.68. The summed E-state index contributed by atoms with van der Waals surface area (Å²) >= 11 is 1.66. The Kier molecular flexibility index (Phi) is 3.29. The summed E-state index contributed by atoms with van der Waals surface area (Å²) < 4.78 is 0. The fourth-order valence-corrected chi connectivity index (χ4v) is 2.71. The van der Waals surface area contributed by atoms with Crippen LogP contribution in [0, 0.1) is 13.8 Å². The van der Waals surface area contributed by atoms with E-state index in [1.807, 2.05) is 57.3 Å². The van der Waals surface area contributed by atoms with E-state index in [0.29, 0.717) is 0 Å². The van der Waals surface area contributed by atoms with Crippen molar-refractivity contribution in [1.82, 2.24) is 0 Å². The van der Waals surface area contributed by atoms with Crippen molar-refractivity contribution in [2.24, 2.45) is 0 Å². The number of amides is 1. The number of rotatable bonds is 2. The number of carbonyl (C=O) groups excluding carboxylic acids is 1. The molecule has 0 atom stereocenters. The summed E-state index contributed by atoms with van der Waals surface area (Å²) in [6, 6.07) is 11.7. The van der Waals surface area contributed by atoms with Crippen molar-refractivity contribution in [1.29, 1.82) is 0 Å². The molecular formula is C14H15NOS. The van der Waals surface area contributed by atoms with Gasteiger partial charge in [-0.25, -0.2) is 0 Å². The standard InChI is InChI=1S/C14H15NOS/c1-10-9-13(11(2)17-10)14(16)15(3)12-7-5-4-6-8-12/h4-9H,1-3H3. The minimum absolute atomic E-state index is 0.0538. The largest absolute Gasteiger partial charge is 0.311 e. The van der Waals surface area contributed by atoms with Crippen LogP contribution in [0.25, 0.3) is 0 Å². The third kappa shape index (κ3) is 2.39. The number of benzene rings is 1. The normalized spacial score (nSPS) is 10.3. The number of anilines is 1. The topological polar surface area (TPSA) is 20.3 Å². The van der Waals surface area contributed by atoms with Crippen LogP contribution in [0.5, 0.6) is 0 Å². The number of hydrogen-bond acceptors (Lipinski definition) is 2. The molecule has 2 rings (SSSR count). The van der Waals surface area contributed by atoms with Gasteiger partial charge in [-0.1, -0.05) is 18.2 Å². The third-order valence-corrected chi connectivity index (χ3v) is 3.69. The summed E-state index contributed by atoms with van der Waals surface area (Å²) in [4.78, 5) is 16.3. The van der Waals surface area contributed by atoms with Crippen LogP contribution in [0.1, 0.15) is 20.1 Å². The van der Waals surface area contributed by atoms with Gasteiger partial charge in [-0.2, -0.15) is 0 Å². The van der Waals surface area contributed by atoms with Crippen molar-refractivity contribution in [2.75, 3.05) is 11.9 Å². The van der Waals surface area contributed by atoms with E-state index in [0.717, 1.165) is 16.1 Å². The van der Waals surface area contributed by atoms with Crippen LogP contribution < -0.4 is 4.90 Å². The van der Waals surface area contributed by atoms with Crippen LogP contribution in [0.3, 0.4) is 0 Å². The van der Waals surface area contributed by atoms with Crippen molar-refractivity contribution in [2.45, 2.75) is 13.8 Å². The zero-order valence-corrected chi connectivity index (χ0v) is 11.0. The monoisotopic (exact) mass is 245 g/mol. The van der Waals surface area contributed by atoms with Gasteiger partial charge in [-0.05, 0) is 32.0 Å². The Morgan fingerprint density at radius 1 is 1.18 bits per heavy atom. The predicted molar refractivity (Wildman–Crippen MR) is 73.0 cm³/mol. The molecule has 1 aromatic heterocycles. The summed E-state index contributed by atoms with van der Waals surface area (Å²) in [6.45, 7) is 4.01. The van der Waals surface area contributed by atoms with Gasteiger partial charge in [0.1, 0.15) is 0 Å². The lowest BCUT2D eigenvalue weighted by atomic mass is 10.2. The van der Waals surface area contributed by atoms with Crippen LogP contribution in [-0.4, -0.2) is 13.0 Å². The van der Waals surface area contributed by atoms with Crippen LogP contribution in [0.2, 0.25) is 0 Å². The number of carbonyl (C=O) groups is 1. The fourth-order valence-electron chi connectivity index (χ4n) is 1.79. The quantitative estimate of drug-likeness (QED) is 0.791. The summed E-state index contributed by atoms with van der Waals surface area (Å²) in [7, 11) is 1.81. The molecule has 0 saturated heterocycles. The molecule has 0 fully saturated rings. The molecule has 1 heterocycles.